The summed E-state index contributed by atoms with van der Waals surface area (Å²) in [6.07, 6.45) is 3.80. The van der Waals surface area contributed by atoms with E-state index in [0.717, 1.165) is 18.4 Å². The lowest BCUT2D eigenvalue weighted by Gasteiger charge is -2.20. The van der Waals surface area contributed by atoms with E-state index >= 15 is 0 Å². The second kappa shape index (κ2) is 7.33. The van der Waals surface area contributed by atoms with Crippen LogP contribution >= 0.6 is 0 Å². The molecule has 0 radical (unpaired) electrons. The summed E-state index contributed by atoms with van der Waals surface area (Å²) < 4.78 is 22.4. The molecule has 0 unspecified atom stereocenters. The van der Waals surface area contributed by atoms with E-state index in [4.69, 9.17) is 18.6 Å². The molecule has 1 aliphatic carbocycles. The first kappa shape index (κ1) is 19.5. The number of amides is 1. The summed E-state index contributed by atoms with van der Waals surface area (Å²) in [5.74, 6) is 2.62. The molecule has 31 heavy (non-hydrogen) atoms. The van der Waals surface area contributed by atoms with Crippen molar-refractivity contribution in [1.29, 1.82) is 0 Å². The van der Waals surface area contributed by atoms with E-state index in [9.17, 15) is 4.79 Å². The topological polar surface area (TPSA) is 108 Å². The molecule has 2 N–H and O–H groups in total. The fourth-order valence-corrected chi connectivity index (χ4v) is 3.63. The minimum Gasteiger partial charge on any atom is -0.496 e. The summed E-state index contributed by atoms with van der Waals surface area (Å²) in [6, 6.07) is 3.60. The molecule has 1 amide bonds. The Labute approximate surface area is 179 Å². The molecule has 0 bridgehead atoms. The number of nitrogens with zero attached hydrogens (tertiary/aromatic N) is 2. The van der Waals surface area contributed by atoms with E-state index in [0.29, 0.717) is 58.8 Å². The fourth-order valence-electron chi connectivity index (χ4n) is 3.63. The van der Waals surface area contributed by atoms with Crippen molar-refractivity contribution in [3.63, 3.8) is 0 Å². The number of carbonyl (C=O) groups is 1. The van der Waals surface area contributed by atoms with Crippen molar-refractivity contribution >= 4 is 23.0 Å². The van der Waals surface area contributed by atoms with Crippen molar-refractivity contribution in [2.75, 3.05) is 25.6 Å². The molecular formula is C22H24N4O5. The van der Waals surface area contributed by atoms with Gasteiger partial charge in [-0.25, -0.2) is 4.98 Å². The van der Waals surface area contributed by atoms with Gasteiger partial charge in [0.25, 0.3) is 5.91 Å². The number of hydrogen-bond donors (Lipinski definition) is 2. The van der Waals surface area contributed by atoms with Gasteiger partial charge in [-0.2, -0.15) is 4.98 Å². The molecule has 0 saturated heterocycles. The first-order valence-electron chi connectivity index (χ1n) is 10.2. The molecule has 1 fully saturated rings. The highest BCUT2D eigenvalue weighted by Crippen LogP contribution is 2.38. The van der Waals surface area contributed by atoms with E-state index in [1.54, 1.807) is 26.3 Å². The molecule has 1 aliphatic heterocycles. The zero-order valence-electron chi connectivity index (χ0n) is 17.7. The third-order valence-corrected chi connectivity index (χ3v) is 5.65. The number of fused-ring (bicyclic) bond motifs is 2. The van der Waals surface area contributed by atoms with E-state index in [1.165, 1.54) is 0 Å². The van der Waals surface area contributed by atoms with Crippen LogP contribution in [0.5, 0.6) is 17.2 Å². The van der Waals surface area contributed by atoms with Gasteiger partial charge in [-0.15, -0.1) is 0 Å². The number of methoxy groups -OCH3 is 1. The van der Waals surface area contributed by atoms with Gasteiger partial charge in [-0.1, -0.05) is 0 Å². The molecule has 9 heteroatoms. The van der Waals surface area contributed by atoms with Gasteiger partial charge in [0, 0.05) is 29.9 Å². The summed E-state index contributed by atoms with van der Waals surface area (Å²) in [4.78, 5) is 21.8. The number of benzene rings is 1. The zero-order chi connectivity index (χ0) is 21.6. The van der Waals surface area contributed by atoms with Crippen molar-refractivity contribution in [2.24, 2.45) is 0 Å². The third-order valence-electron chi connectivity index (χ3n) is 5.65. The third kappa shape index (κ3) is 3.71. The van der Waals surface area contributed by atoms with Crippen LogP contribution in [0, 0.1) is 6.92 Å². The van der Waals surface area contributed by atoms with E-state index in [1.807, 2.05) is 6.07 Å². The number of rotatable bonds is 6. The monoisotopic (exact) mass is 424 g/mol. The Hall–Kier alpha value is -3.49. The number of hydrogen-bond acceptors (Lipinski definition) is 8. The number of aryl methyl sites for hydroxylation is 1. The van der Waals surface area contributed by atoms with Crippen LogP contribution in [0.3, 0.4) is 0 Å². The van der Waals surface area contributed by atoms with E-state index in [2.05, 4.69) is 27.5 Å². The molecule has 0 atom stereocenters. The molecule has 0 spiro atoms. The number of furan rings is 1. The summed E-state index contributed by atoms with van der Waals surface area (Å²) in [7, 11) is 1.58. The number of nitrogens with one attached hydrogen (secondary N) is 2. The van der Waals surface area contributed by atoms with Gasteiger partial charge in [0.2, 0.25) is 11.7 Å². The van der Waals surface area contributed by atoms with Crippen molar-refractivity contribution < 1.29 is 23.4 Å². The maximum absolute atomic E-state index is 13.0. The molecule has 3 aromatic rings. The zero-order valence-corrected chi connectivity index (χ0v) is 17.7. The van der Waals surface area contributed by atoms with E-state index < -0.39 is 0 Å². The smallest absolute Gasteiger partial charge is 0.255 e. The lowest BCUT2D eigenvalue weighted by atomic mass is 10.1. The predicted molar refractivity (Wildman–Crippen MR) is 113 cm³/mol. The summed E-state index contributed by atoms with van der Waals surface area (Å²) in [6.45, 7) is 5.11. The fraction of sp³-hybridized carbons (Fsp3) is 0.409. The summed E-state index contributed by atoms with van der Waals surface area (Å²) in [5.41, 5.74) is 1.65. The van der Waals surface area contributed by atoms with Crippen LogP contribution in [0.4, 0.5) is 5.95 Å². The van der Waals surface area contributed by atoms with Gasteiger partial charge in [0.1, 0.15) is 24.7 Å². The van der Waals surface area contributed by atoms with Gasteiger partial charge >= 0.3 is 0 Å². The first-order valence-corrected chi connectivity index (χ1v) is 10.2. The standard InChI is InChI=1S/C22H24N4O5/c1-12-18(14-11-24-21(25-20(14)31-12)26-22(2)4-5-22)19(27)23-10-13-8-16-17(9-15(13)28-3)30-7-6-29-16/h8-9,11H,4-7,10H2,1-3H3,(H,23,27)(H,24,25,26). The van der Waals surface area contributed by atoms with Crippen LogP contribution in [0.1, 0.15) is 41.4 Å². The predicted octanol–water partition coefficient (Wildman–Crippen LogP) is 3.21. The quantitative estimate of drug-likeness (QED) is 0.621. The highest BCUT2D eigenvalue weighted by molar-refractivity contribution is 6.06. The largest absolute Gasteiger partial charge is 0.496 e. The molecule has 1 aromatic carbocycles. The van der Waals surface area contributed by atoms with Gasteiger partial charge in [-0.3, -0.25) is 4.79 Å². The number of ether oxygens (including phenoxy) is 3. The summed E-state index contributed by atoms with van der Waals surface area (Å²) >= 11 is 0. The highest BCUT2D eigenvalue weighted by atomic mass is 16.6. The first-order chi connectivity index (χ1) is 15.0. The molecule has 2 aromatic heterocycles. The summed E-state index contributed by atoms with van der Waals surface area (Å²) in [5, 5.41) is 6.82. The minimum atomic E-state index is -0.272. The minimum absolute atomic E-state index is 0.0538. The van der Waals surface area contributed by atoms with Gasteiger partial charge in [-0.05, 0) is 32.8 Å². The van der Waals surface area contributed by atoms with Gasteiger partial charge in [0.05, 0.1) is 18.1 Å². The maximum Gasteiger partial charge on any atom is 0.255 e. The van der Waals surface area contributed by atoms with Crippen molar-refractivity contribution in [3.05, 3.63) is 35.2 Å². The Kier molecular flexibility index (Phi) is 4.60. The highest BCUT2D eigenvalue weighted by Gasteiger charge is 2.38. The average Bonchev–Trinajstić information content (AvgIpc) is 3.39. The number of anilines is 1. The molecule has 1 saturated carbocycles. The van der Waals surface area contributed by atoms with Crippen LogP contribution in [0.15, 0.2) is 22.7 Å². The van der Waals surface area contributed by atoms with Gasteiger partial charge in [0.15, 0.2) is 11.5 Å². The SMILES string of the molecule is COc1cc2c(cc1CNC(=O)c1c(C)oc3nc(NC4(C)CC4)ncc13)OCCO2. The molecular weight excluding hydrogens is 400 g/mol. The van der Waals surface area contributed by atoms with Crippen LogP contribution < -0.4 is 24.8 Å². The molecule has 2 aliphatic rings. The number of carbonyl (C=O) groups excluding carboxylic acids is 1. The Balaban J connectivity index is 1.36. The van der Waals surface area contributed by atoms with Crippen LogP contribution in [-0.4, -0.2) is 41.7 Å². The van der Waals surface area contributed by atoms with Gasteiger partial charge < -0.3 is 29.3 Å². The molecule has 3 heterocycles. The Morgan fingerprint density at radius 3 is 2.68 bits per heavy atom. The van der Waals surface area contributed by atoms with Crippen LogP contribution in [0.25, 0.3) is 11.1 Å². The average molecular weight is 424 g/mol. The second-order valence-electron chi connectivity index (χ2n) is 8.12. The van der Waals surface area contributed by atoms with Crippen molar-refractivity contribution in [3.8, 4) is 17.2 Å². The number of aromatic nitrogens is 2. The Morgan fingerprint density at radius 1 is 1.23 bits per heavy atom. The second-order valence-corrected chi connectivity index (χ2v) is 8.12. The lowest BCUT2D eigenvalue weighted by Crippen LogP contribution is -2.24. The van der Waals surface area contributed by atoms with Crippen LogP contribution in [0.2, 0.25) is 0 Å². The Bertz CT molecular complexity index is 1170. The Morgan fingerprint density at radius 2 is 1.97 bits per heavy atom. The maximum atomic E-state index is 13.0. The van der Waals surface area contributed by atoms with Crippen molar-refractivity contribution in [1.82, 2.24) is 15.3 Å². The van der Waals surface area contributed by atoms with E-state index in [-0.39, 0.29) is 18.0 Å². The normalized spacial score (nSPS) is 16.1. The van der Waals surface area contributed by atoms with Crippen molar-refractivity contribution in [2.45, 2.75) is 38.8 Å². The molecule has 5 rings (SSSR count). The molecule has 162 valence electrons. The van der Waals surface area contributed by atoms with Crippen LogP contribution in [-0.2, 0) is 6.54 Å². The molecule has 9 nitrogen and oxygen atoms in total. The lowest BCUT2D eigenvalue weighted by molar-refractivity contribution is 0.0950.